The van der Waals surface area contributed by atoms with E-state index < -0.39 is 0 Å². The molecule has 1 atom stereocenters. The zero-order chi connectivity index (χ0) is 17.8. The van der Waals surface area contributed by atoms with Crippen LogP contribution in [0.25, 0.3) is 0 Å². The van der Waals surface area contributed by atoms with E-state index in [-0.39, 0.29) is 11.9 Å². The molecule has 1 unspecified atom stereocenters. The van der Waals surface area contributed by atoms with Gasteiger partial charge in [0.15, 0.2) is 5.82 Å². The van der Waals surface area contributed by atoms with Crippen molar-refractivity contribution in [3.8, 4) is 0 Å². The number of carbonyl (C=O) groups is 1. The Hall–Kier alpha value is -1.92. The molecule has 0 bridgehead atoms. The minimum atomic E-state index is 0.0635. The highest BCUT2D eigenvalue weighted by atomic mass is 35.5. The van der Waals surface area contributed by atoms with Crippen molar-refractivity contribution in [3.05, 3.63) is 46.6 Å². The third kappa shape index (κ3) is 4.19. The molecule has 6 nitrogen and oxygen atoms in total. The summed E-state index contributed by atoms with van der Waals surface area (Å²) in [6.07, 6.45) is 1.11. The van der Waals surface area contributed by atoms with E-state index in [0.717, 1.165) is 30.9 Å². The van der Waals surface area contributed by atoms with Gasteiger partial charge in [0, 0.05) is 37.6 Å². The van der Waals surface area contributed by atoms with Gasteiger partial charge >= 0.3 is 0 Å². The minimum Gasteiger partial charge on any atom is -0.340 e. The van der Waals surface area contributed by atoms with E-state index >= 15 is 0 Å². The molecule has 2 heterocycles. The molecular formula is C18H23ClN4O2. The summed E-state index contributed by atoms with van der Waals surface area (Å²) >= 11 is 6.15. The van der Waals surface area contributed by atoms with E-state index in [9.17, 15) is 4.79 Å². The highest BCUT2D eigenvalue weighted by Crippen LogP contribution is 2.21. The Morgan fingerprint density at radius 1 is 1.28 bits per heavy atom. The van der Waals surface area contributed by atoms with Crippen LogP contribution in [0.3, 0.4) is 0 Å². The Labute approximate surface area is 152 Å². The number of hydrogen-bond acceptors (Lipinski definition) is 5. The molecule has 0 N–H and O–H groups in total. The first-order valence-corrected chi connectivity index (χ1v) is 9.04. The molecule has 1 aromatic heterocycles. The summed E-state index contributed by atoms with van der Waals surface area (Å²) in [7, 11) is 0. The maximum atomic E-state index is 12.5. The molecule has 1 fully saturated rings. The summed E-state index contributed by atoms with van der Waals surface area (Å²) in [5, 5.41) is 4.60. The molecule has 1 aromatic carbocycles. The van der Waals surface area contributed by atoms with Crippen LogP contribution in [0.4, 0.5) is 0 Å². The smallest absolute Gasteiger partial charge is 0.243 e. The molecule has 7 heteroatoms. The van der Waals surface area contributed by atoms with Gasteiger partial charge in [-0.15, -0.1) is 0 Å². The number of amides is 1. The van der Waals surface area contributed by atoms with Crippen molar-refractivity contribution in [2.24, 2.45) is 0 Å². The van der Waals surface area contributed by atoms with E-state index in [4.69, 9.17) is 16.1 Å². The summed E-state index contributed by atoms with van der Waals surface area (Å²) in [4.78, 5) is 21.1. The molecule has 0 aliphatic carbocycles. The predicted molar refractivity (Wildman–Crippen MR) is 95.4 cm³/mol. The van der Waals surface area contributed by atoms with Crippen LogP contribution < -0.4 is 0 Å². The Balaban J connectivity index is 1.54. The second kappa shape index (κ2) is 7.97. The highest BCUT2D eigenvalue weighted by molar-refractivity contribution is 6.31. The molecule has 1 aliphatic heterocycles. The second-order valence-electron chi connectivity index (χ2n) is 6.26. The van der Waals surface area contributed by atoms with Crippen molar-refractivity contribution in [2.75, 3.05) is 26.2 Å². The number of aromatic nitrogens is 2. The maximum Gasteiger partial charge on any atom is 0.243 e. The quantitative estimate of drug-likeness (QED) is 0.818. The largest absolute Gasteiger partial charge is 0.340 e. The first kappa shape index (κ1) is 17.9. The summed E-state index contributed by atoms with van der Waals surface area (Å²) < 4.78 is 5.34. The third-order valence-corrected chi connectivity index (χ3v) is 5.04. The van der Waals surface area contributed by atoms with Crippen molar-refractivity contribution in [2.45, 2.75) is 32.7 Å². The highest BCUT2D eigenvalue weighted by Gasteiger charge is 2.27. The van der Waals surface area contributed by atoms with Gasteiger partial charge in [-0.2, -0.15) is 4.98 Å². The maximum absolute atomic E-state index is 12.5. The Morgan fingerprint density at radius 3 is 2.64 bits per heavy atom. The Kier molecular flexibility index (Phi) is 5.71. The summed E-state index contributed by atoms with van der Waals surface area (Å²) in [6, 6.07) is 7.56. The van der Waals surface area contributed by atoms with Gasteiger partial charge in [0.2, 0.25) is 11.8 Å². The lowest BCUT2D eigenvalue weighted by molar-refractivity contribution is -0.132. The lowest BCUT2D eigenvalue weighted by Gasteiger charge is -2.36. The minimum absolute atomic E-state index is 0.0635. The Morgan fingerprint density at radius 2 is 2.00 bits per heavy atom. The van der Waals surface area contributed by atoms with Crippen LogP contribution in [0.15, 0.2) is 28.8 Å². The normalized spacial score (nSPS) is 16.8. The van der Waals surface area contributed by atoms with Crippen LogP contribution in [-0.2, 0) is 17.6 Å². The molecule has 0 spiro atoms. The van der Waals surface area contributed by atoms with Gasteiger partial charge in [-0.3, -0.25) is 9.69 Å². The summed E-state index contributed by atoms with van der Waals surface area (Å²) in [5.41, 5.74) is 0.878. The third-order valence-electron chi connectivity index (χ3n) is 4.67. The van der Waals surface area contributed by atoms with Gasteiger partial charge in [0.25, 0.3) is 0 Å². The van der Waals surface area contributed by atoms with Crippen molar-refractivity contribution < 1.29 is 9.32 Å². The van der Waals surface area contributed by atoms with Crippen molar-refractivity contribution in [1.82, 2.24) is 19.9 Å². The van der Waals surface area contributed by atoms with E-state index in [0.29, 0.717) is 30.4 Å². The number of aryl methyl sites for hydroxylation is 1. The molecule has 25 heavy (non-hydrogen) atoms. The monoisotopic (exact) mass is 362 g/mol. The van der Waals surface area contributed by atoms with Crippen LogP contribution in [-0.4, -0.2) is 52.0 Å². The predicted octanol–water partition coefficient (Wildman–Crippen LogP) is 2.73. The molecule has 2 aromatic rings. The lowest BCUT2D eigenvalue weighted by atomic mass is 10.1. The lowest BCUT2D eigenvalue weighted by Crippen LogP contribution is -2.49. The van der Waals surface area contributed by atoms with Crippen molar-refractivity contribution in [1.29, 1.82) is 0 Å². The van der Waals surface area contributed by atoms with Crippen LogP contribution in [0.1, 0.15) is 37.2 Å². The van der Waals surface area contributed by atoms with E-state index in [1.165, 1.54) is 0 Å². The standard InChI is InChI=1S/C18H23ClN4O2/c1-3-16-20-18(25-21-16)13(2)22-8-10-23(11-9-22)17(24)12-14-6-4-5-7-15(14)19/h4-7,13H,3,8-12H2,1-2H3. The molecule has 1 saturated heterocycles. The fraction of sp³-hybridized carbons (Fsp3) is 0.500. The SMILES string of the molecule is CCc1noc(C(C)N2CCN(C(=O)Cc3ccccc3Cl)CC2)n1. The Bertz CT molecular complexity index is 725. The number of hydrogen-bond donors (Lipinski definition) is 0. The second-order valence-corrected chi connectivity index (χ2v) is 6.67. The molecule has 1 aliphatic rings. The van der Waals surface area contributed by atoms with E-state index in [2.05, 4.69) is 22.0 Å². The molecule has 134 valence electrons. The molecule has 3 rings (SSSR count). The van der Waals surface area contributed by atoms with Gasteiger partial charge in [0.05, 0.1) is 12.5 Å². The molecule has 0 saturated carbocycles. The summed E-state index contributed by atoms with van der Waals surface area (Å²) in [6.45, 7) is 7.04. The molecule has 1 amide bonds. The average Bonchev–Trinajstić information content (AvgIpc) is 3.12. The molecular weight excluding hydrogens is 340 g/mol. The number of benzene rings is 1. The number of piperazine rings is 1. The zero-order valence-corrected chi connectivity index (χ0v) is 15.4. The fourth-order valence-corrected chi connectivity index (χ4v) is 3.21. The number of halogens is 1. The van der Waals surface area contributed by atoms with E-state index in [1.54, 1.807) is 0 Å². The number of carbonyl (C=O) groups excluding carboxylic acids is 1. The first-order chi connectivity index (χ1) is 12.1. The molecule has 0 radical (unpaired) electrons. The van der Waals surface area contributed by atoms with Crippen molar-refractivity contribution in [3.63, 3.8) is 0 Å². The number of nitrogens with zero attached hydrogens (tertiary/aromatic N) is 4. The van der Waals surface area contributed by atoms with E-state index in [1.807, 2.05) is 36.1 Å². The van der Waals surface area contributed by atoms with Gasteiger partial charge < -0.3 is 9.42 Å². The van der Waals surface area contributed by atoms with Gasteiger partial charge in [-0.25, -0.2) is 0 Å². The van der Waals surface area contributed by atoms with Crippen LogP contribution in [0.2, 0.25) is 5.02 Å². The van der Waals surface area contributed by atoms with Crippen molar-refractivity contribution >= 4 is 17.5 Å². The van der Waals surface area contributed by atoms with Crippen LogP contribution in [0, 0.1) is 0 Å². The average molecular weight is 363 g/mol. The zero-order valence-electron chi connectivity index (χ0n) is 14.6. The van der Waals surface area contributed by atoms with Crippen LogP contribution >= 0.6 is 11.6 Å². The van der Waals surface area contributed by atoms with Crippen LogP contribution in [0.5, 0.6) is 0 Å². The topological polar surface area (TPSA) is 62.5 Å². The first-order valence-electron chi connectivity index (χ1n) is 8.66. The summed E-state index contributed by atoms with van der Waals surface area (Å²) in [5.74, 6) is 1.49. The van der Waals surface area contributed by atoms with Gasteiger partial charge in [0.1, 0.15) is 0 Å². The van der Waals surface area contributed by atoms with Gasteiger partial charge in [-0.1, -0.05) is 41.9 Å². The fourth-order valence-electron chi connectivity index (χ4n) is 3.01. The number of rotatable bonds is 5. The van der Waals surface area contributed by atoms with Gasteiger partial charge in [-0.05, 0) is 18.6 Å².